The van der Waals surface area contributed by atoms with E-state index in [0.717, 1.165) is 0 Å². The molecule has 3 rings (SSSR count). The molecule has 0 saturated heterocycles. The van der Waals surface area contributed by atoms with E-state index in [-0.39, 0.29) is 35.7 Å². The van der Waals surface area contributed by atoms with Crippen LogP contribution in [-0.2, 0) is 11.2 Å². The fraction of sp³-hybridized carbons (Fsp3) is 0.214. The molecule has 40 heavy (non-hydrogen) atoms. The Kier molecular flexibility index (Phi) is 9.35. The number of anilines is 2. The first kappa shape index (κ1) is 29.9. The third kappa shape index (κ3) is 8.19. The number of halogens is 5. The molecular weight excluding hydrogens is 539 g/mol. The summed E-state index contributed by atoms with van der Waals surface area (Å²) in [6, 6.07) is 16.3. The highest BCUT2D eigenvalue weighted by molar-refractivity contribution is 5.93. The first-order valence-corrected chi connectivity index (χ1v) is 11.8. The zero-order valence-corrected chi connectivity index (χ0v) is 20.9. The van der Waals surface area contributed by atoms with Gasteiger partial charge in [-0.25, -0.2) is 9.59 Å². The molecule has 3 aromatic rings. The Morgan fingerprint density at radius 2 is 1.50 bits per heavy atom. The number of carbonyl (C=O) groups excluding carboxylic acids is 1. The number of carbonyl (C=O) groups is 2. The van der Waals surface area contributed by atoms with Gasteiger partial charge >= 0.3 is 24.0 Å². The van der Waals surface area contributed by atoms with E-state index >= 15 is 0 Å². The van der Waals surface area contributed by atoms with E-state index in [4.69, 9.17) is 20.9 Å². The highest BCUT2D eigenvalue weighted by Gasteiger charge is 2.56. The van der Waals surface area contributed by atoms with Crippen LogP contribution in [0.1, 0.15) is 34.3 Å². The summed E-state index contributed by atoms with van der Waals surface area (Å²) in [5, 5.41) is 9.61. The maximum atomic E-state index is 12.9. The molecule has 0 aliphatic rings. The van der Waals surface area contributed by atoms with E-state index in [2.05, 4.69) is 0 Å². The van der Waals surface area contributed by atoms with Gasteiger partial charge in [0.2, 0.25) is 0 Å². The summed E-state index contributed by atoms with van der Waals surface area (Å²) < 4.78 is 72.9. The average Bonchev–Trinajstić information content (AvgIpc) is 2.89. The molecule has 0 bridgehead atoms. The summed E-state index contributed by atoms with van der Waals surface area (Å²) in [5.74, 6) is -6.28. The van der Waals surface area contributed by atoms with E-state index in [1.165, 1.54) is 42.5 Å². The zero-order chi connectivity index (χ0) is 29.5. The lowest BCUT2D eigenvalue weighted by Crippen LogP contribution is -2.36. The van der Waals surface area contributed by atoms with Crippen LogP contribution in [0.2, 0.25) is 0 Å². The quantitative estimate of drug-likeness (QED) is 0.0638. The number of ether oxygens (including phenoxy) is 2. The van der Waals surface area contributed by atoms with Crippen LogP contribution < -0.4 is 20.9 Å². The van der Waals surface area contributed by atoms with Gasteiger partial charge in [0.1, 0.15) is 11.5 Å². The van der Waals surface area contributed by atoms with Crippen molar-refractivity contribution in [3.63, 3.8) is 0 Å². The summed E-state index contributed by atoms with van der Waals surface area (Å²) in [6.07, 6.45) is -6.03. The van der Waals surface area contributed by atoms with Gasteiger partial charge in [-0.15, -0.1) is 0 Å². The number of carboxylic acids is 1. The number of hydrogen-bond donors (Lipinski definition) is 3. The van der Waals surface area contributed by atoms with Gasteiger partial charge in [0.25, 0.3) is 0 Å². The molecule has 0 aliphatic heterocycles. The minimum absolute atomic E-state index is 0.0443. The summed E-state index contributed by atoms with van der Waals surface area (Å²) in [5.41, 5.74) is 13.8. The standard InChI is InChI=1S/C28H25F5N2O5/c29-27(30,28(31,32)33)12-1-13-39-22-9-4-18(5-10-22)26(38)40-23-7-2-17(3-8-23)14-20(25(36)37)15-19-16-21(34)6-11-24(19)35/h2-11,14,16H,1,12-13,15,34-35H2,(H,36,37)/b20-14+. The van der Waals surface area contributed by atoms with Gasteiger partial charge in [-0.2, -0.15) is 22.0 Å². The maximum absolute atomic E-state index is 12.9. The first-order chi connectivity index (χ1) is 18.7. The molecule has 0 aromatic heterocycles. The van der Waals surface area contributed by atoms with Crippen LogP contribution in [0, 0.1) is 0 Å². The van der Waals surface area contributed by atoms with Crippen LogP contribution in [-0.4, -0.2) is 35.8 Å². The van der Waals surface area contributed by atoms with Gasteiger partial charge in [-0.05, 0) is 78.2 Å². The molecule has 212 valence electrons. The van der Waals surface area contributed by atoms with Gasteiger partial charge in [0.15, 0.2) is 0 Å². The van der Waals surface area contributed by atoms with Crippen LogP contribution >= 0.6 is 0 Å². The molecule has 0 aliphatic carbocycles. The Bertz CT molecular complexity index is 1370. The minimum Gasteiger partial charge on any atom is -0.494 e. The zero-order valence-electron chi connectivity index (χ0n) is 20.9. The predicted molar refractivity (Wildman–Crippen MR) is 138 cm³/mol. The van der Waals surface area contributed by atoms with E-state index in [1.807, 2.05) is 0 Å². The maximum Gasteiger partial charge on any atom is 0.453 e. The molecule has 0 heterocycles. The molecule has 0 fully saturated rings. The fourth-order valence-corrected chi connectivity index (χ4v) is 3.48. The topological polar surface area (TPSA) is 125 Å². The SMILES string of the molecule is Nc1ccc(N)c(C/C(=C\c2ccc(OC(=O)c3ccc(OCCCC(F)(F)C(F)(F)F)cc3)cc2)C(=O)O)c1. The smallest absolute Gasteiger partial charge is 0.453 e. The Labute approximate surface area is 225 Å². The lowest BCUT2D eigenvalue weighted by Gasteiger charge is -2.19. The number of benzene rings is 3. The number of nitrogen functional groups attached to an aromatic ring is 2. The van der Waals surface area contributed by atoms with Gasteiger partial charge in [-0.3, -0.25) is 0 Å². The lowest BCUT2D eigenvalue weighted by molar-refractivity contribution is -0.284. The number of nitrogens with two attached hydrogens (primary N) is 2. The van der Waals surface area contributed by atoms with Crippen molar-refractivity contribution in [3.05, 3.63) is 89.0 Å². The average molecular weight is 565 g/mol. The Morgan fingerprint density at radius 1 is 0.875 bits per heavy atom. The van der Waals surface area contributed by atoms with E-state index in [9.17, 15) is 36.6 Å². The summed E-state index contributed by atoms with van der Waals surface area (Å²) in [6.45, 7) is -0.368. The van der Waals surface area contributed by atoms with Crippen molar-refractivity contribution in [2.24, 2.45) is 0 Å². The highest BCUT2D eigenvalue weighted by Crippen LogP contribution is 2.38. The number of hydrogen-bond acceptors (Lipinski definition) is 6. The van der Waals surface area contributed by atoms with Gasteiger partial charge in [-0.1, -0.05) is 12.1 Å². The Balaban J connectivity index is 1.56. The molecule has 5 N–H and O–H groups in total. The molecule has 0 atom stereocenters. The van der Waals surface area contributed by atoms with Crippen molar-refractivity contribution >= 4 is 29.4 Å². The second kappa shape index (κ2) is 12.5. The summed E-state index contributed by atoms with van der Waals surface area (Å²) in [7, 11) is 0. The third-order valence-electron chi connectivity index (χ3n) is 5.66. The summed E-state index contributed by atoms with van der Waals surface area (Å²) in [4.78, 5) is 24.2. The molecule has 3 aromatic carbocycles. The molecule has 0 unspecified atom stereocenters. The van der Waals surface area contributed by atoms with Crippen LogP contribution in [0.4, 0.5) is 33.3 Å². The minimum atomic E-state index is -5.61. The molecule has 0 spiro atoms. The Morgan fingerprint density at radius 3 is 2.10 bits per heavy atom. The number of esters is 1. The van der Waals surface area contributed by atoms with Crippen molar-refractivity contribution in [1.29, 1.82) is 0 Å². The third-order valence-corrected chi connectivity index (χ3v) is 5.66. The Hall–Kier alpha value is -4.61. The van der Waals surface area contributed by atoms with E-state index in [1.54, 1.807) is 30.3 Å². The second-order valence-corrected chi connectivity index (χ2v) is 8.75. The van der Waals surface area contributed by atoms with E-state index < -0.39 is 36.9 Å². The number of rotatable bonds is 11. The van der Waals surface area contributed by atoms with Gasteiger partial charge < -0.3 is 26.0 Å². The van der Waals surface area contributed by atoms with Crippen molar-refractivity contribution in [1.82, 2.24) is 0 Å². The van der Waals surface area contributed by atoms with Gasteiger partial charge in [0.05, 0.1) is 12.2 Å². The normalized spacial score (nSPS) is 12.2. The van der Waals surface area contributed by atoms with Crippen molar-refractivity contribution in [2.45, 2.75) is 31.4 Å². The lowest BCUT2D eigenvalue weighted by atomic mass is 10.0. The molecule has 0 saturated carbocycles. The predicted octanol–water partition coefficient (Wildman–Crippen LogP) is 6.14. The van der Waals surface area contributed by atoms with Crippen molar-refractivity contribution in [2.75, 3.05) is 18.1 Å². The van der Waals surface area contributed by atoms with Crippen LogP contribution in [0.5, 0.6) is 11.5 Å². The fourth-order valence-electron chi connectivity index (χ4n) is 3.48. The molecule has 12 heteroatoms. The van der Waals surface area contributed by atoms with Crippen molar-refractivity contribution in [3.8, 4) is 11.5 Å². The second-order valence-electron chi connectivity index (χ2n) is 8.75. The molecule has 0 amide bonds. The highest BCUT2D eigenvalue weighted by atomic mass is 19.4. The summed E-state index contributed by atoms with van der Waals surface area (Å²) >= 11 is 0. The van der Waals surface area contributed by atoms with Crippen LogP contribution in [0.25, 0.3) is 6.08 Å². The van der Waals surface area contributed by atoms with Crippen LogP contribution in [0.15, 0.2) is 72.3 Å². The first-order valence-electron chi connectivity index (χ1n) is 11.8. The monoisotopic (exact) mass is 564 g/mol. The number of alkyl halides is 5. The largest absolute Gasteiger partial charge is 0.494 e. The number of aliphatic carboxylic acids is 1. The molecular formula is C28H25F5N2O5. The van der Waals surface area contributed by atoms with Crippen molar-refractivity contribution < 1.29 is 46.1 Å². The molecule has 7 nitrogen and oxygen atoms in total. The number of carboxylic acid groups (broad SMARTS) is 1. The van der Waals surface area contributed by atoms with Gasteiger partial charge in [0, 0.05) is 29.8 Å². The van der Waals surface area contributed by atoms with E-state index in [0.29, 0.717) is 22.5 Å². The van der Waals surface area contributed by atoms with Crippen LogP contribution in [0.3, 0.4) is 0 Å². The molecule has 0 radical (unpaired) electrons.